The third-order valence-corrected chi connectivity index (χ3v) is 3.95. The van der Waals surface area contributed by atoms with Gasteiger partial charge in [0.2, 0.25) is 5.91 Å². The largest absolute Gasteiger partial charge is 0.349 e. The van der Waals surface area contributed by atoms with Crippen LogP contribution in [0.4, 0.5) is 0 Å². The molecule has 3 rings (SSSR count). The summed E-state index contributed by atoms with van der Waals surface area (Å²) in [4.78, 5) is 16.6. The second kappa shape index (κ2) is 6.06. The van der Waals surface area contributed by atoms with Crippen molar-refractivity contribution in [3.8, 4) is 0 Å². The maximum absolute atomic E-state index is 12.3. The second-order valence-electron chi connectivity index (χ2n) is 5.39. The number of amides is 1. The highest BCUT2D eigenvalue weighted by Crippen LogP contribution is 2.16. The number of benzene rings is 1. The lowest BCUT2D eigenvalue weighted by Gasteiger charge is -2.25. The van der Waals surface area contributed by atoms with Gasteiger partial charge in [0.1, 0.15) is 0 Å². The topological polar surface area (TPSA) is 54.0 Å². The van der Waals surface area contributed by atoms with Gasteiger partial charge in [-0.25, -0.2) is 0 Å². The van der Waals surface area contributed by atoms with E-state index in [4.69, 9.17) is 0 Å². The zero-order valence-electron chi connectivity index (χ0n) is 12.1. The molecule has 1 aromatic heterocycles. The summed E-state index contributed by atoms with van der Waals surface area (Å²) < 4.78 is 0. The van der Waals surface area contributed by atoms with Crippen molar-refractivity contribution >= 4 is 5.91 Å². The fourth-order valence-corrected chi connectivity index (χ4v) is 2.64. The van der Waals surface area contributed by atoms with Crippen molar-refractivity contribution in [3.63, 3.8) is 0 Å². The van der Waals surface area contributed by atoms with Crippen LogP contribution < -0.4 is 10.6 Å². The highest BCUT2D eigenvalue weighted by Gasteiger charge is 2.23. The number of nitrogens with zero attached hydrogens (tertiary/aromatic N) is 1. The molecule has 1 amide bonds. The van der Waals surface area contributed by atoms with Crippen LogP contribution in [0.5, 0.6) is 0 Å². The number of aryl methyl sites for hydroxylation is 1. The molecular formula is C17H19N3O. The summed E-state index contributed by atoms with van der Waals surface area (Å²) in [5.74, 6) is 0.0366. The molecule has 108 valence electrons. The van der Waals surface area contributed by atoms with Gasteiger partial charge in [0.15, 0.2) is 0 Å². The molecule has 0 bridgehead atoms. The lowest BCUT2D eigenvalue weighted by molar-refractivity contribution is -0.123. The molecule has 1 atom stereocenters. The van der Waals surface area contributed by atoms with Crippen LogP contribution in [0.3, 0.4) is 0 Å². The summed E-state index contributed by atoms with van der Waals surface area (Å²) in [5, 5.41) is 6.27. The van der Waals surface area contributed by atoms with E-state index < -0.39 is 0 Å². The van der Waals surface area contributed by atoms with Gasteiger partial charge in [-0.1, -0.05) is 30.3 Å². The minimum atomic E-state index is -0.163. The highest BCUT2D eigenvalue weighted by molar-refractivity contribution is 5.82. The number of hydrogen-bond acceptors (Lipinski definition) is 3. The predicted octanol–water partition coefficient (Wildman–Crippen LogP) is 1.72. The Morgan fingerprint density at radius 2 is 2.10 bits per heavy atom. The number of nitrogens with one attached hydrogen (secondary N) is 2. The van der Waals surface area contributed by atoms with Gasteiger partial charge in [0.25, 0.3) is 0 Å². The first-order valence-electron chi connectivity index (χ1n) is 7.22. The van der Waals surface area contributed by atoms with E-state index in [9.17, 15) is 4.79 Å². The Morgan fingerprint density at radius 1 is 1.29 bits per heavy atom. The van der Waals surface area contributed by atoms with E-state index in [1.54, 1.807) is 6.20 Å². The quantitative estimate of drug-likeness (QED) is 0.900. The summed E-state index contributed by atoms with van der Waals surface area (Å²) in [6.07, 6.45) is 2.49. The van der Waals surface area contributed by atoms with Gasteiger partial charge in [-0.2, -0.15) is 0 Å². The van der Waals surface area contributed by atoms with Crippen LogP contribution >= 0.6 is 0 Å². The average Bonchev–Trinajstić information content (AvgIpc) is 2.53. The monoisotopic (exact) mass is 281 g/mol. The first-order chi connectivity index (χ1) is 10.2. The number of carbonyl (C=O) groups excluding carboxylic acids is 1. The molecule has 2 heterocycles. The number of fused-ring (bicyclic) bond motifs is 1. The number of pyridine rings is 1. The van der Waals surface area contributed by atoms with Crippen LogP contribution in [0.15, 0.2) is 42.6 Å². The number of hydrogen-bond donors (Lipinski definition) is 2. The summed E-state index contributed by atoms with van der Waals surface area (Å²) >= 11 is 0. The first kappa shape index (κ1) is 13.8. The normalized spacial score (nSPS) is 17.1. The Hall–Kier alpha value is -2.20. The summed E-state index contributed by atoms with van der Waals surface area (Å²) in [7, 11) is 0. The van der Waals surface area contributed by atoms with E-state index in [1.165, 1.54) is 11.1 Å². The maximum atomic E-state index is 12.3. The molecule has 0 saturated carbocycles. The molecule has 1 aromatic carbocycles. The van der Waals surface area contributed by atoms with E-state index in [1.807, 2.05) is 31.2 Å². The Kier molecular flexibility index (Phi) is 3.97. The molecule has 1 aliphatic heterocycles. The fourth-order valence-electron chi connectivity index (χ4n) is 2.64. The third kappa shape index (κ3) is 3.11. The van der Waals surface area contributed by atoms with Crippen molar-refractivity contribution < 1.29 is 4.79 Å². The lowest BCUT2D eigenvalue weighted by atomic mass is 9.95. The molecule has 0 saturated heterocycles. The molecule has 21 heavy (non-hydrogen) atoms. The summed E-state index contributed by atoms with van der Waals surface area (Å²) in [5.41, 5.74) is 4.55. The Bertz CT molecular complexity index is 654. The zero-order valence-corrected chi connectivity index (χ0v) is 12.1. The molecule has 4 nitrogen and oxygen atoms in total. The van der Waals surface area contributed by atoms with E-state index in [2.05, 4.69) is 27.8 Å². The van der Waals surface area contributed by atoms with Crippen molar-refractivity contribution in [2.24, 2.45) is 0 Å². The minimum absolute atomic E-state index is 0.0366. The number of aromatic nitrogens is 1. The molecule has 2 N–H and O–H groups in total. The van der Waals surface area contributed by atoms with Crippen molar-refractivity contribution in [2.75, 3.05) is 0 Å². The van der Waals surface area contributed by atoms with Crippen molar-refractivity contribution in [2.45, 2.75) is 32.5 Å². The van der Waals surface area contributed by atoms with Crippen LogP contribution in [0.2, 0.25) is 0 Å². The Morgan fingerprint density at radius 3 is 2.90 bits per heavy atom. The maximum Gasteiger partial charge on any atom is 0.237 e. The molecule has 0 radical (unpaired) electrons. The Labute approximate surface area is 124 Å². The molecule has 0 unspecified atom stereocenters. The van der Waals surface area contributed by atoms with Gasteiger partial charge in [-0.05, 0) is 36.1 Å². The van der Waals surface area contributed by atoms with E-state index >= 15 is 0 Å². The average molecular weight is 281 g/mol. The van der Waals surface area contributed by atoms with Crippen molar-refractivity contribution in [3.05, 3.63) is 65.0 Å². The fraction of sp³-hybridized carbons (Fsp3) is 0.294. The van der Waals surface area contributed by atoms with Crippen LogP contribution in [-0.4, -0.2) is 16.9 Å². The van der Waals surface area contributed by atoms with E-state index in [-0.39, 0.29) is 11.9 Å². The van der Waals surface area contributed by atoms with Crippen molar-refractivity contribution in [1.29, 1.82) is 0 Å². The number of rotatable bonds is 3. The lowest BCUT2D eigenvalue weighted by Crippen LogP contribution is -2.47. The van der Waals surface area contributed by atoms with Gasteiger partial charge >= 0.3 is 0 Å². The van der Waals surface area contributed by atoms with Gasteiger partial charge in [0, 0.05) is 12.7 Å². The first-order valence-corrected chi connectivity index (χ1v) is 7.22. The summed E-state index contributed by atoms with van der Waals surface area (Å²) in [6, 6.07) is 12.0. The molecular weight excluding hydrogens is 262 g/mol. The van der Waals surface area contributed by atoms with Crippen LogP contribution in [0.25, 0.3) is 0 Å². The Balaban J connectivity index is 1.61. The summed E-state index contributed by atoms with van der Waals surface area (Å²) in [6.45, 7) is 3.23. The number of carbonyl (C=O) groups is 1. The SMILES string of the molecule is Cc1cccnc1CNC(=O)[C@H]1Cc2ccccc2CN1. The van der Waals surface area contributed by atoms with E-state index in [0.29, 0.717) is 6.54 Å². The van der Waals surface area contributed by atoms with Crippen molar-refractivity contribution in [1.82, 2.24) is 15.6 Å². The highest BCUT2D eigenvalue weighted by atomic mass is 16.2. The van der Waals surface area contributed by atoms with Crippen LogP contribution in [-0.2, 0) is 24.3 Å². The molecule has 0 aliphatic carbocycles. The van der Waals surface area contributed by atoms with Gasteiger partial charge in [0.05, 0.1) is 18.3 Å². The molecule has 0 spiro atoms. The predicted molar refractivity (Wildman–Crippen MR) is 81.6 cm³/mol. The van der Waals surface area contributed by atoms with Gasteiger partial charge in [-0.3, -0.25) is 9.78 Å². The molecule has 1 aliphatic rings. The van der Waals surface area contributed by atoms with Crippen LogP contribution in [0.1, 0.15) is 22.4 Å². The zero-order chi connectivity index (χ0) is 14.7. The van der Waals surface area contributed by atoms with Gasteiger partial charge < -0.3 is 10.6 Å². The van der Waals surface area contributed by atoms with E-state index in [0.717, 1.165) is 24.2 Å². The smallest absolute Gasteiger partial charge is 0.237 e. The van der Waals surface area contributed by atoms with Crippen LogP contribution in [0, 0.1) is 6.92 Å². The minimum Gasteiger partial charge on any atom is -0.349 e. The van der Waals surface area contributed by atoms with Gasteiger partial charge in [-0.15, -0.1) is 0 Å². The molecule has 4 heteroatoms. The second-order valence-corrected chi connectivity index (χ2v) is 5.39. The molecule has 0 fully saturated rings. The standard InChI is InChI=1S/C17H19N3O/c1-12-5-4-8-18-16(12)11-20-17(21)15-9-13-6-2-3-7-14(13)10-19-15/h2-8,15,19H,9-11H2,1H3,(H,20,21)/t15-/m1/s1. The third-order valence-electron chi connectivity index (χ3n) is 3.95. The molecule has 2 aromatic rings.